The molecular formula is C15H16ClN3. The maximum absolute atomic E-state index is 5.84. The molecule has 0 N–H and O–H groups in total. The van der Waals surface area contributed by atoms with Crippen LogP contribution in [-0.4, -0.2) is 20.4 Å². The normalized spacial score (nSPS) is 11.5. The second-order valence-electron chi connectivity index (χ2n) is 4.58. The van der Waals surface area contributed by atoms with Crippen molar-refractivity contribution >= 4 is 33.5 Å². The number of pyridine rings is 1. The van der Waals surface area contributed by atoms with Gasteiger partial charge in [0, 0.05) is 24.2 Å². The summed E-state index contributed by atoms with van der Waals surface area (Å²) in [4.78, 5) is 9.17. The first-order valence-electron chi connectivity index (χ1n) is 6.64. The van der Waals surface area contributed by atoms with E-state index in [0.29, 0.717) is 5.88 Å². The molecule has 3 aromatic rings. The van der Waals surface area contributed by atoms with Crippen molar-refractivity contribution in [2.75, 3.05) is 5.88 Å². The second kappa shape index (κ2) is 5.17. The number of fused-ring (bicyclic) bond motifs is 3. The highest BCUT2D eigenvalue weighted by atomic mass is 35.5. The summed E-state index contributed by atoms with van der Waals surface area (Å²) in [5.41, 5.74) is 3.18. The van der Waals surface area contributed by atoms with Gasteiger partial charge in [-0.15, -0.1) is 11.6 Å². The number of alkyl halides is 1. The molecule has 0 aliphatic rings. The van der Waals surface area contributed by atoms with Crippen LogP contribution in [-0.2, 0) is 13.0 Å². The third-order valence-corrected chi connectivity index (χ3v) is 3.66. The Balaban J connectivity index is 2.32. The number of nitrogens with zero attached hydrogens (tertiary/aromatic N) is 3. The molecular weight excluding hydrogens is 258 g/mol. The smallest absolute Gasteiger partial charge is 0.109 e. The van der Waals surface area contributed by atoms with Crippen LogP contribution in [0.25, 0.3) is 21.9 Å². The Kier molecular flexibility index (Phi) is 3.38. The average molecular weight is 274 g/mol. The van der Waals surface area contributed by atoms with Gasteiger partial charge < -0.3 is 4.57 Å². The summed E-state index contributed by atoms with van der Waals surface area (Å²) in [5.74, 6) is 1.78. The molecule has 0 spiro atoms. The molecule has 3 nitrogen and oxygen atoms in total. The summed E-state index contributed by atoms with van der Waals surface area (Å²) < 4.78 is 2.29. The molecule has 0 fully saturated rings. The monoisotopic (exact) mass is 273 g/mol. The van der Waals surface area contributed by atoms with Crippen molar-refractivity contribution in [1.29, 1.82) is 0 Å². The fraction of sp³-hybridized carbons (Fsp3) is 0.333. The number of hydrogen-bond acceptors (Lipinski definition) is 2. The highest BCUT2D eigenvalue weighted by Gasteiger charge is 2.12. The predicted molar refractivity (Wildman–Crippen MR) is 79.7 cm³/mol. The van der Waals surface area contributed by atoms with E-state index in [9.17, 15) is 0 Å². The van der Waals surface area contributed by atoms with Gasteiger partial charge in [0.25, 0.3) is 0 Å². The highest BCUT2D eigenvalue weighted by molar-refractivity contribution is 6.17. The molecule has 0 saturated heterocycles. The average Bonchev–Trinajstić information content (AvgIpc) is 2.83. The van der Waals surface area contributed by atoms with E-state index in [-0.39, 0.29) is 0 Å². The Hall–Kier alpha value is -1.61. The summed E-state index contributed by atoms with van der Waals surface area (Å²) in [5, 5.41) is 1.17. The van der Waals surface area contributed by atoms with Crippen LogP contribution in [0.1, 0.15) is 19.2 Å². The summed E-state index contributed by atoms with van der Waals surface area (Å²) in [6.07, 6.45) is 3.75. The lowest BCUT2D eigenvalue weighted by molar-refractivity contribution is 0.663. The molecule has 0 aliphatic carbocycles. The molecule has 3 rings (SSSR count). The number of aromatic nitrogens is 3. The van der Waals surface area contributed by atoms with E-state index >= 15 is 0 Å². The van der Waals surface area contributed by atoms with Crippen molar-refractivity contribution in [2.24, 2.45) is 0 Å². The van der Waals surface area contributed by atoms with Crippen molar-refractivity contribution in [3.63, 3.8) is 0 Å². The Morgan fingerprint density at radius 2 is 2.05 bits per heavy atom. The maximum Gasteiger partial charge on any atom is 0.109 e. The molecule has 0 atom stereocenters. The number of halogens is 1. The zero-order valence-corrected chi connectivity index (χ0v) is 11.7. The van der Waals surface area contributed by atoms with Gasteiger partial charge in [-0.3, -0.25) is 4.98 Å². The number of imidazole rings is 1. The van der Waals surface area contributed by atoms with E-state index in [4.69, 9.17) is 16.6 Å². The largest absolute Gasteiger partial charge is 0.327 e. The lowest BCUT2D eigenvalue weighted by Crippen LogP contribution is -2.04. The van der Waals surface area contributed by atoms with Crippen LogP contribution in [0.3, 0.4) is 0 Å². The van der Waals surface area contributed by atoms with Crippen LogP contribution in [0.4, 0.5) is 0 Å². The first kappa shape index (κ1) is 12.4. The fourth-order valence-corrected chi connectivity index (χ4v) is 2.66. The van der Waals surface area contributed by atoms with Gasteiger partial charge in [-0.25, -0.2) is 4.98 Å². The number of hydrogen-bond donors (Lipinski definition) is 0. The molecule has 4 heteroatoms. The third kappa shape index (κ3) is 2.08. The zero-order valence-electron chi connectivity index (χ0n) is 10.9. The summed E-state index contributed by atoms with van der Waals surface area (Å²) in [7, 11) is 0. The van der Waals surface area contributed by atoms with Gasteiger partial charge in [-0.2, -0.15) is 0 Å². The minimum absolute atomic E-state index is 0.672. The maximum atomic E-state index is 5.84. The Labute approximate surface area is 117 Å². The SMILES string of the molecule is CCc1nc2cnc3ccccc3c2n1CCCCl. The van der Waals surface area contributed by atoms with Gasteiger partial charge in [0.15, 0.2) is 0 Å². The number of rotatable bonds is 4. The molecule has 2 heterocycles. The van der Waals surface area contributed by atoms with Crippen molar-refractivity contribution in [1.82, 2.24) is 14.5 Å². The summed E-state index contributed by atoms with van der Waals surface area (Å²) in [6, 6.07) is 8.22. The van der Waals surface area contributed by atoms with Gasteiger partial charge in [0.2, 0.25) is 0 Å². The quantitative estimate of drug-likeness (QED) is 0.678. The van der Waals surface area contributed by atoms with Gasteiger partial charge in [-0.1, -0.05) is 25.1 Å². The molecule has 0 unspecified atom stereocenters. The molecule has 2 aromatic heterocycles. The predicted octanol–water partition coefficient (Wildman–Crippen LogP) is 3.78. The van der Waals surface area contributed by atoms with Crippen LogP contribution < -0.4 is 0 Å². The Morgan fingerprint density at radius 1 is 1.21 bits per heavy atom. The van der Waals surface area contributed by atoms with Crippen LogP contribution in [0.2, 0.25) is 0 Å². The standard InChI is InChI=1S/C15H16ClN3/c1-2-14-18-13-10-17-12-7-4-3-6-11(12)15(13)19(14)9-5-8-16/h3-4,6-7,10H,2,5,8-9H2,1H3. The van der Waals surface area contributed by atoms with E-state index in [2.05, 4.69) is 22.5 Å². The molecule has 98 valence electrons. The molecule has 0 bridgehead atoms. The molecule has 19 heavy (non-hydrogen) atoms. The van der Waals surface area contributed by atoms with Crippen LogP contribution in [0.5, 0.6) is 0 Å². The van der Waals surface area contributed by atoms with Crippen molar-refractivity contribution in [3.8, 4) is 0 Å². The zero-order chi connectivity index (χ0) is 13.2. The van der Waals surface area contributed by atoms with Gasteiger partial charge in [-0.05, 0) is 12.5 Å². The number of aryl methyl sites for hydroxylation is 2. The van der Waals surface area contributed by atoms with E-state index in [0.717, 1.165) is 36.2 Å². The van der Waals surface area contributed by atoms with Crippen LogP contribution in [0, 0.1) is 0 Å². The van der Waals surface area contributed by atoms with Crippen molar-refractivity contribution in [3.05, 3.63) is 36.3 Å². The molecule has 0 aliphatic heterocycles. The summed E-state index contributed by atoms with van der Waals surface area (Å²) >= 11 is 5.84. The fourth-order valence-electron chi connectivity index (χ4n) is 2.54. The molecule has 1 aromatic carbocycles. The van der Waals surface area contributed by atoms with Crippen molar-refractivity contribution in [2.45, 2.75) is 26.3 Å². The minimum Gasteiger partial charge on any atom is -0.327 e. The van der Waals surface area contributed by atoms with Crippen LogP contribution in [0.15, 0.2) is 30.5 Å². The Morgan fingerprint density at radius 3 is 2.84 bits per heavy atom. The highest BCUT2D eigenvalue weighted by Crippen LogP contribution is 2.25. The molecule has 0 saturated carbocycles. The molecule has 0 radical (unpaired) electrons. The lowest BCUT2D eigenvalue weighted by Gasteiger charge is -2.08. The minimum atomic E-state index is 0.672. The number of benzene rings is 1. The van der Waals surface area contributed by atoms with Crippen LogP contribution >= 0.6 is 11.6 Å². The van der Waals surface area contributed by atoms with Crippen molar-refractivity contribution < 1.29 is 0 Å². The van der Waals surface area contributed by atoms with Gasteiger partial charge >= 0.3 is 0 Å². The van der Waals surface area contributed by atoms with E-state index in [1.54, 1.807) is 0 Å². The van der Waals surface area contributed by atoms with Gasteiger partial charge in [0.1, 0.15) is 11.3 Å². The summed E-state index contributed by atoms with van der Waals surface area (Å²) in [6.45, 7) is 3.05. The third-order valence-electron chi connectivity index (χ3n) is 3.39. The lowest BCUT2D eigenvalue weighted by atomic mass is 10.2. The van der Waals surface area contributed by atoms with E-state index in [1.807, 2.05) is 24.4 Å². The van der Waals surface area contributed by atoms with Gasteiger partial charge in [0.05, 0.1) is 17.2 Å². The second-order valence-corrected chi connectivity index (χ2v) is 4.96. The Bertz CT molecular complexity index is 718. The number of para-hydroxylation sites is 1. The van der Waals surface area contributed by atoms with E-state index < -0.39 is 0 Å². The first-order valence-corrected chi connectivity index (χ1v) is 7.17. The topological polar surface area (TPSA) is 30.7 Å². The molecule has 0 amide bonds. The first-order chi connectivity index (χ1) is 9.35. The van der Waals surface area contributed by atoms with E-state index in [1.165, 1.54) is 10.9 Å².